The summed E-state index contributed by atoms with van der Waals surface area (Å²) in [6.07, 6.45) is 1.08. The Morgan fingerprint density at radius 3 is 2.82 bits per heavy atom. The first kappa shape index (κ1) is 11.9. The van der Waals surface area contributed by atoms with E-state index in [4.69, 9.17) is 4.74 Å². The number of anilines is 1. The highest BCUT2D eigenvalue weighted by Gasteiger charge is 2.03. The second-order valence-electron chi connectivity index (χ2n) is 3.53. The van der Waals surface area contributed by atoms with Crippen molar-refractivity contribution in [1.29, 1.82) is 0 Å². The second-order valence-corrected chi connectivity index (χ2v) is 4.59. The molecule has 2 rings (SSSR count). The molecule has 0 aliphatic heterocycles. The summed E-state index contributed by atoms with van der Waals surface area (Å²) in [6, 6.07) is 9.71. The van der Waals surface area contributed by atoms with Crippen molar-refractivity contribution in [2.75, 3.05) is 11.9 Å². The third kappa shape index (κ3) is 3.71. The Kier molecular flexibility index (Phi) is 4.32. The number of aromatic nitrogens is 2. The molecule has 0 aliphatic carbocycles. The van der Waals surface area contributed by atoms with E-state index in [1.807, 2.05) is 30.3 Å². The Morgan fingerprint density at radius 1 is 1.24 bits per heavy atom. The molecule has 0 aliphatic rings. The smallest absolute Gasteiger partial charge is 0.205 e. The van der Waals surface area contributed by atoms with Gasteiger partial charge in [-0.3, -0.25) is 0 Å². The molecule has 0 spiro atoms. The van der Waals surface area contributed by atoms with Gasteiger partial charge >= 0.3 is 0 Å². The van der Waals surface area contributed by atoms with Crippen LogP contribution in [0.15, 0.2) is 30.3 Å². The van der Waals surface area contributed by atoms with Crippen LogP contribution in [0.3, 0.4) is 0 Å². The monoisotopic (exact) mass is 249 g/mol. The Morgan fingerprint density at radius 2 is 2.06 bits per heavy atom. The van der Waals surface area contributed by atoms with Gasteiger partial charge in [0.1, 0.15) is 12.4 Å². The molecule has 1 N–H and O–H groups in total. The van der Waals surface area contributed by atoms with E-state index in [-0.39, 0.29) is 0 Å². The maximum absolute atomic E-state index is 5.59. The number of hydrogen-bond acceptors (Lipinski definition) is 5. The zero-order valence-electron chi connectivity index (χ0n) is 9.72. The minimum atomic E-state index is 0.468. The maximum atomic E-state index is 5.59. The second kappa shape index (κ2) is 6.20. The lowest BCUT2D eigenvalue weighted by molar-refractivity contribution is 0.304. The van der Waals surface area contributed by atoms with Crippen LogP contribution in [0.4, 0.5) is 5.13 Å². The van der Waals surface area contributed by atoms with E-state index in [9.17, 15) is 0 Å². The molecule has 0 saturated heterocycles. The van der Waals surface area contributed by atoms with Crippen molar-refractivity contribution >= 4 is 16.5 Å². The Hall–Kier alpha value is -1.62. The summed E-state index contributed by atoms with van der Waals surface area (Å²) in [5.74, 6) is 0.853. The molecule has 0 unspecified atom stereocenters. The molecule has 1 aromatic carbocycles. The van der Waals surface area contributed by atoms with Crippen LogP contribution in [0.25, 0.3) is 0 Å². The predicted octanol–water partition coefficient (Wildman–Crippen LogP) is 2.94. The molecule has 0 bridgehead atoms. The van der Waals surface area contributed by atoms with Crippen LogP contribution < -0.4 is 10.1 Å². The van der Waals surface area contributed by atoms with Gasteiger partial charge in [0, 0.05) is 6.54 Å². The highest BCUT2D eigenvalue weighted by Crippen LogP contribution is 2.17. The minimum absolute atomic E-state index is 0.468. The number of ether oxygens (including phenoxy) is 1. The van der Waals surface area contributed by atoms with E-state index in [1.54, 1.807) is 0 Å². The number of benzene rings is 1. The molecule has 1 aromatic heterocycles. The maximum Gasteiger partial charge on any atom is 0.205 e. The van der Waals surface area contributed by atoms with Crippen molar-refractivity contribution in [3.8, 4) is 5.75 Å². The van der Waals surface area contributed by atoms with E-state index < -0.39 is 0 Å². The van der Waals surface area contributed by atoms with E-state index in [2.05, 4.69) is 22.4 Å². The van der Waals surface area contributed by atoms with E-state index in [0.29, 0.717) is 6.61 Å². The van der Waals surface area contributed by atoms with Gasteiger partial charge in [-0.05, 0) is 18.6 Å². The molecule has 1 heterocycles. The Labute approximate surface area is 105 Å². The van der Waals surface area contributed by atoms with Gasteiger partial charge < -0.3 is 10.1 Å². The van der Waals surface area contributed by atoms with Gasteiger partial charge in [-0.15, -0.1) is 10.2 Å². The first-order valence-electron chi connectivity index (χ1n) is 5.62. The quantitative estimate of drug-likeness (QED) is 0.855. The predicted molar refractivity (Wildman–Crippen MR) is 69.5 cm³/mol. The van der Waals surface area contributed by atoms with Crippen molar-refractivity contribution in [3.05, 3.63) is 35.3 Å². The first-order valence-corrected chi connectivity index (χ1v) is 6.44. The molecule has 0 radical (unpaired) electrons. The zero-order chi connectivity index (χ0) is 11.9. The van der Waals surface area contributed by atoms with Crippen LogP contribution >= 0.6 is 11.3 Å². The van der Waals surface area contributed by atoms with Crippen molar-refractivity contribution in [2.24, 2.45) is 0 Å². The van der Waals surface area contributed by atoms with Gasteiger partial charge in [-0.2, -0.15) is 0 Å². The van der Waals surface area contributed by atoms with E-state index in [1.165, 1.54) is 11.3 Å². The van der Waals surface area contributed by atoms with Crippen molar-refractivity contribution in [2.45, 2.75) is 20.0 Å². The molecule has 0 fully saturated rings. The highest BCUT2D eigenvalue weighted by atomic mass is 32.1. The summed E-state index contributed by atoms with van der Waals surface area (Å²) in [4.78, 5) is 0. The van der Waals surface area contributed by atoms with Crippen LogP contribution in [0.5, 0.6) is 5.75 Å². The third-order valence-electron chi connectivity index (χ3n) is 2.10. The summed E-state index contributed by atoms with van der Waals surface area (Å²) >= 11 is 1.53. The van der Waals surface area contributed by atoms with Gasteiger partial charge in [0.2, 0.25) is 5.13 Å². The summed E-state index contributed by atoms with van der Waals surface area (Å²) in [6.45, 7) is 3.51. The first-order chi connectivity index (χ1) is 8.38. The molecule has 4 nitrogen and oxygen atoms in total. The fourth-order valence-electron chi connectivity index (χ4n) is 1.28. The number of para-hydroxylation sites is 1. The van der Waals surface area contributed by atoms with Crippen LogP contribution in [0.1, 0.15) is 18.4 Å². The normalized spacial score (nSPS) is 10.2. The van der Waals surface area contributed by atoms with Crippen LogP contribution in [-0.4, -0.2) is 16.7 Å². The molecular formula is C12H15N3OS. The third-order valence-corrected chi connectivity index (χ3v) is 2.95. The molecule has 90 valence electrons. The number of rotatable bonds is 6. The molecule has 0 amide bonds. The van der Waals surface area contributed by atoms with E-state index in [0.717, 1.165) is 28.9 Å². The SMILES string of the molecule is CCCNc1nnc(COc2ccccc2)s1. The van der Waals surface area contributed by atoms with Gasteiger partial charge in [0.25, 0.3) is 0 Å². The minimum Gasteiger partial charge on any atom is -0.486 e. The summed E-state index contributed by atoms with van der Waals surface area (Å²) < 4.78 is 5.59. The van der Waals surface area contributed by atoms with Crippen molar-refractivity contribution < 1.29 is 4.74 Å². The van der Waals surface area contributed by atoms with E-state index >= 15 is 0 Å². The van der Waals surface area contributed by atoms with Crippen molar-refractivity contribution in [3.63, 3.8) is 0 Å². The molecule has 2 aromatic rings. The van der Waals surface area contributed by atoms with Crippen molar-refractivity contribution in [1.82, 2.24) is 10.2 Å². The number of hydrogen-bond donors (Lipinski definition) is 1. The van der Waals surface area contributed by atoms with Crippen LogP contribution in [0, 0.1) is 0 Å². The molecule has 0 saturated carbocycles. The standard InChI is InChI=1S/C12H15N3OS/c1-2-8-13-12-15-14-11(17-12)9-16-10-6-4-3-5-7-10/h3-7H,2,8-9H2,1H3,(H,13,15). The fraction of sp³-hybridized carbons (Fsp3) is 0.333. The summed E-state index contributed by atoms with van der Waals surface area (Å²) in [7, 11) is 0. The summed E-state index contributed by atoms with van der Waals surface area (Å²) in [5, 5.41) is 13.1. The van der Waals surface area contributed by atoms with Gasteiger partial charge in [-0.25, -0.2) is 0 Å². The fourth-order valence-corrected chi connectivity index (χ4v) is 1.96. The Balaban J connectivity index is 1.85. The van der Waals surface area contributed by atoms with Crippen LogP contribution in [0.2, 0.25) is 0 Å². The average molecular weight is 249 g/mol. The molecule has 5 heteroatoms. The topological polar surface area (TPSA) is 47.0 Å². The van der Waals surface area contributed by atoms with Gasteiger partial charge in [0.15, 0.2) is 5.01 Å². The molecular weight excluding hydrogens is 234 g/mol. The number of nitrogens with zero attached hydrogens (tertiary/aromatic N) is 2. The largest absolute Gasteiger partial charge is 0.486 e. The Bertz CT molecular complexity index is 444. The number of nitrogens with one attached hydrogen (secondary N) is 1. The van der Waals surface area contributed by atoms with Crippen LogP contribution in [-0.2, 0) is 6.61 Å². The summed E-state index contributed by atoms with van der Waals surface area (Å²) in [5.41, 5.74) is 0. The average Bonchev–Trinajstić information content (AvgIpc) is 2.83. The zero-order valence-corrected chi connectivity index (χ0v) is 10.5. The highest BCUT2D eigenvalue weighted by molar-refractivity contribution is 7.15. The van der Waals surface area contributed by atoms with Gasteiger partial charge in [0.05, 0.1) is 0 Å². The lowest BCUT2D eigenvalue weighted by Gasteiger charge is -2.01. The molecule has 0 atom stereocenters. The van der Waals surface area contributed by atoms with Gasteiger partial charge in [-0.1, -0.05) is 36.5 Å². The lowest BCUT2D eigenvalue weighted by atomic mass is 10.3. The lowest BCUT2D eigenvalue weighted by Crippen LogP contribution is -1.98. The molecule has 17 heavy (non-hydrogen) atoms.